The van der Waals surface area contributed by atoms with E-state index in [9.17, 15) is 0 Å². The van der Waals surface area contributed by atoms with Crippen LogP contribution in [-0.2, 0) is 11.2 Å². The third-order valence-electron chi connectivity index (χ3n) is 3.20. The predicted octanol–water partition coefficient (Wildman–Crippen LogP) is 1.37. The molecule has 6 heteroatoms. The number of morpholine rings is 1. The highest BCUT2D eigenvalue weighted by atomic mass is 79.9. The molecule has 2 aromatic rings. The maximum atomic E-state index is 5.34. The molecule has 0 aromatic carbocycles. The van der Waals surface area contributed by atoms with Crippen molar-refractivity contribution in [2.45, 2.75) is 6.42 Å². The van der Waals surface area contributed by atoms with Gasteiger partial charge in [0.2, 0.25) is 0 Å². The van der Waals surface area contributed by atoms with Crippen LogP contribution in [0.4, 0.5) is 0 Å². The van der Waals surface area contributed by atoms with Crippen LogP contribution in [0.15, 0.2) is 22.8 Å². The van der Waals surface area contributed by atoms with Crippen molar-refractivity contribution in [1.29, 1.82) is 0 Å². The Kier molecular flexibility index (Phi) is 3.58. The van der Waals surface area contributed by atoms with Gasteiger partial charge in [-0.1, -0.05) is 6.07 Å². The van der Waals surface area contributed by atoms with E-state index < -0.39 is 0 Å². The van der Waals surface area contributed by atoms with Gasteiger partial charge in [-0.3, -0.25) is 9.30 Å². The summed E-state index contributed by atoms with van der Waals surface area (Å²) < 4.78 is 8.40. The van der Waals surface area contributed by atoms with Gasteiger partial charge in [-0.15, -0.1) is 10.2 Å². The highest BCUT2D eigenvalue weighted by molar-refractivity contribution is 9.10. The van der Waals surface area contributed by atoms with Crippen LogP contribution < -0.4 is 0 Å². The van der Waals surface area contributed by atoms with Gasteiger partial charge in [-0.25, -0.2) is 0 Å². The average Bonchev–Trinajstić information content (AvgIpc) is 2.82. The van der Waals surface area contributed by atoms with Crippen molar-refractivity contribution in [3.05, 3.63) is 28.6 Å². The lowest BCUT2D eigenvalue weighted by molar-refractivity contribution is 0.0382. The Morgan fingerprint density at radius 3 is 2.89 bits per heavy atom. The van der Waals surface area contributed by atoms with E-state index in [1.54, 1.807) is 0 Å². The number of ether oxygens (including phenoxy) is 1. The number of aromatic nitrogens is 3. The molecule has 0 aliphatic carbocycles. The Labute approximate surface area is 114 Å². The third kappa shape index (κ3) is 2.41. The summed E-state index contributed by atoms with van der Waals surface area (Å²) in [5, 5.41) is 8.45. The van der Waals surface area contributed by atoms with Crippen molar-refractivity contribution in [2.24, 2.45) is 0 Å². The lowest BCUT2D eigenvalue weighted by atomic mass is 10.3. The van der Waals surface area contributed by atoms with Crippen molar-refractivity contribution >= 4 is 21.6 Å². The average molecular weight is 311 g/mol. The van der Waals surface area contributed by atoms with Crippen LogP contribution in [0, 0.1) is 0 Å². The first-order valence-corrected chi connectivity index (χ1v) is 6.92. The van der Waals surface area contributed by atoms with Gasteiger partial charge in [0.1, 0.15) is 5.82 Å². The number of pyridine rings is 1. The lowest BCUT2D eigenvalue weighted by Crippen LogP contribution is -2.37. The second kappa shape index (κ2) is 5.34. The maximum Gasteiger partial charge on any atom is 0.161 e. The SMILES string of the molecule is Brc1cccc2nnc(CCN3CCOCC3)n12. The zero-order chi connectivity index (χ0) is 12.4. The molecule has 0 radical (unpaired) electrons. The van der Waals surface area contributed by atoms with Crippen molar-refractivity contribution in [3.8, 4) is 0 Å². The molecule has 1 aliphatic heterocycles. The van der Waals surface area contributed by atoms with Gasteiger partial charge in [0, 0.05) is 26.1 Å². The Balaban J connectivity index is 1.74. The van der Waals surface area contributed by atoms with E-state index in [0.29, 0.717) is 0 Å². The molecule has 0 N–H and O–H groups in total. The lowest BCUT2D eigenvalue weighted by Gasteiger charge is -2.26. The highest BCUT2D eigenvalue weighted by Gasteiger charge is 2.13. The minimum absolute atomic E-state index is 0.838. The molecule has 18 heavy (non-hydrogen) atoms. The number of hydrogen-bond donors (Lipinski definition) is 0. The second-order valence-corrected chi connectivity index (χ2v) is 5.17. The summed E-state index contributed by atoms with van der Waals surface area (Å²) in [6.07, 6.45) is 0.907. The Hall–Kier alpha value is -0.980. The Morgan fingerprint density at radius 1 is 1.22 bits per heavy atom. The number of hydrogen-bond acceptors (Lipinski definition) is 4. The molecule has 0 bridgehead atoms. The molecular weight excluding hydrogens is 296 g/mol. The molecule has 1 saturated heterocycles. The van der Waals surface area contributed by atoms with Gasteiger partial charge in [-0.05, 0) is 28.1 Å². The van der Waals surface area contributed by atoms with Crippen LogP contribution in [0.1, 0.15) is 5.82 Å². The molecule has 3 heterocycles. The molecule has 2 aromatic heterocycles. The summed E-state index contributed by atoms with van der Waals surface area (Å²) in [5.74, 6) is 1.00. The van der Waals surface area contributed by atoms with Crippen LogP contribution in [0.25, 0.3) is 5.65 Å². The normalized spacial score (nSPS) is 17.4. The van der Waals surface area contributed by atoms with Crippen molar-refractivity contribution < 1.29 is 4.74 Å². The van der Waals surface area contributed by atoms with E-state index in [1.807, 2.05) is 18.2 Å². The number of halogens is 1. The molecule has 0 spiro atoms. The minimum atomic E-state index is 0.838. The van der Waals surface area contributed by atoms with Crippen molar-refractivity contribution in [1.82, 2.24) is 19.5 Å². The van der Waals surface area contributed by atoms with E-state index in [4.69, 9.17) is 4.74 Å². The summed E-state index contributed by atoms with van der Waals surface area (Å²) in [4.78, 5) is 2.40. The first-order valence-electron chi connectivity index (χ1n) is 6.13. The quantitative estimate of drug-likeness (QED) is 0.803. The summed E-state index contributed by atoms with van der Waals surface area (Å²) in [5.41, 5.74) is 0.890. The van der Waals surface area contributed by atoms with Gasteiger partial charge in [0.05, 0.1) is 17.8 Å². The van der Waals surface area contributed by atoms with Gasteiger partial charge >= 0.3 is 0 Å². The fourth-order valence-corrected chi connectivity index (χ4v) is 2.74. The van der Waals surface area contributed by atoms with E-state index in [2.05, 4.69) is 35.4 Å². The first kappa shape index (κ1) is 12.1. The maximum absolute atomic E-state index is 5.34. The molecule has 0 atom stereocenters. The number of nitrogens with zero attached hydrogens (tertiary/aromatic N) is 4. The zero-order valence-electron chi connectivity index (χ0n) is 10.0. The van der Waals surface area contributed by atoms with Crippen LogP contribution in [-0.4, -0.2) is 52.3 Å². The molecule has 0 saturated carbocycles. The van der Waals surface area contributed by atoms with Gasteiger partial charge in [0.25, 0.3) is 0 Å². The Morgan fingerprint density at radius 2 is 2.06 bits per heavy atom. The molecule has 3 rings (SSSR count). The summed E-state index contributed by atoms with van der Waals surface area (Å²) in [6, 6.07) is 5.95. The van der Waals surface area contributed by atoms with Crippen LogP contribution >= 0.6 is 15.9 Å². The third-order valence-corrected chi connectivity index (χ3v) is 3.82. The van der Waals surface area contributed by atoms with E-state index >= 15 is 0 Å². The van der Waals surface area contributed by atoms with E-state index in [-0.39, 0.29) is 0 Å². The molecule has 96 valence electrons. The molecule has 5 nitrogen and oxygen atoms in total. The number of rotatable bonds is 3. The predicted molar refractivity (Wildman–Crippen MR) is 71.7 cm³/mol. The van der Waals surface area contributed by atoms with Crippen LogP contribution in [0.2, 0.25) is 0 Å². The first-order chi connectivity index (χ1) is 8.84. The van der Waals surface area contributed by atoms with Crippen molar-refractivity contribution in [3.63, 3.8) is 0 Å². The Bertz CT molecular complexity index is 536. The molecular formula is C12H15BrN4O. The fourth-order valence-electron chi connectivity index (χ4n) is 2.20. The fraction of sp³-hybridized carbons (Fsp3) is 0.500. The highest BCUT2D eigenvalue weighted by Crippen LogP contribution is 2.14. The van der Waals surface area contributed by atoms with Gasteiger partial charge in [0.15, 0.2) is 5.65 Å². The summed E-state index contributed by atoms with van der Waals surface area (Å²) in [7, 11) is 0. The smallest absolute Gasteiger partial charge is 0.161 e. The number of fused-ring (bicyclic) bond motifs is 1. The molecule has 1 aliphatic rings. The largest absolute Gasteiger partial charge is 0.379 e. The molecule has 1 fully saturated rings. The minimum Gasteiger partial charge on any atom is -0.379 e. The topological polar surface area (TPSA) is 42.7 Å². The van der Waals surface area contributed by atoms with Crippen LogP contribution in [0.3, 0.4) is 0 Å². The standard InChI is InChI=1S/C12H15BrN4O/c13-10-2-1-3-11-14-15-12(17(10)11)4-5-16-6-8-18-9-7-16/h1-3H,4-9H2. The summed E-state index contributed by atoms with van der Waals surface area (Å²) in [6.45, 7) is 4.70. The van der Waals surface area contributed by atoms with E-state index in [0.717, 1.165) is 55.3 Å². The van der Waals surface area contributed by atoms with Crippen LogP contribution in [0.5, 0.6) is 0 Å². The van der Waals surface area contributed by atoms with Crippen molar-refractivity contribution in [2.75, 3.05) is 32.8 Å². The zero-order valence-corrected chi connectivity index (χ0v) is 11.6. The molecule has 0 amide bonds. The second-order valence-electron chi connectivity index (χ2n) is 4.36. The van der Waals surface area contributed by atoms with Gasteiger partial charge in [-0.2, -0.15) is 0 Å². The van der Waals surface area contributed by atoms with Gasteiger partial charge < -0.3 is 4.74 Å². The van der Waals surface area contributed by atoms with E-state index in [1.165, 1.54) is 0 Å². The monoisotopic (exact) mass is 310 g/mol. The molecule has 0 unspecified atom stereocenters. The summed E-state index contributed by atoms with van der Waals surface area (Å²) >= 11 is 3.54.